The molecular weight excluding hydrogens is 424 g/mol. The number of ether oxygens (including phenoxy) is 1. The molecule has 3 aromatic rings. The van der Waals surface area contributed by atoms with Gasteiger partial charge in [0.2, 0.25) is 0 Å². The molecule has 1 atom stereocenters. The lowest BCUT2D eigenvalue weighted by Gasteiger charge is -2.23. The number of carbonyl (C=O) groups is 2. The van der Waals surface area contributed by atoms with Gasteiger partial charge < -0.3 is 9.84 Å². The second kappa shape index (κ2) is 7.93. The van der Waals surface area contributed by atoms with Gasteiger partial charge in [0.05, 0.1) is 18.7 Å². The monoisotopic (exact) mass is 440 g/mol. The molecule has 152 valence electrons. The van der Waals surface area contributed by atoms with E-state index in [1.807, 2.05) is 6.92 Å². The summed E-state index contributed by atoms with van der Waals surface area (Å²) in [6, 6.07) is 11.1. The summed E-state index contributed by atoms with van der Waals surface area (Å²) in [5.74, 6) is -1.13. The molecule has 8 heteroatoms. The van der Waals surface area contributed by atoms with Crippen LogP contribution in [0.15, 0.2) is 59.6 Å². The summed E-state index contributed by atoms with van der Waals surface area (Å²) in [5, 5.41) is 13.6. The van der Waals surface area contributed by atoms with Crippen LogP contribution in [-0.4, -0.2) is 28.9 Å². The molecule has 2 heterocycles. The largest absolute Gasteiger partial charge is 0.507 e. The van der Waals surface area contributed by atoms with Gasteiger partial charge in [-0.25, -0.2) is 4.98 Å². The smallest absolute Gasteiger partial charge is 0.301 e. The second-order valence-electron chi connectivity index (χ2n) is 6.72. The summed E-state index contributed by atoms with van der Waals surface area (Å²) in [5.41, 5.74) is 1.79. The summed E-state index contributed by atoms with van der Waals surface area (Å²) in [6.45, 7) is 1.83. The van der Waals surface area contributed by atoms with Gasteiger partial charge in [-0.1, -0.05) is 23.7 Å². The van der Waals surface area contributed by atoms with Gasteiger partial charge in [0, 0.05) is 22.2 Å². The Kier molecular flexibility index (Phi) is 5.32. The molecule has 1 saturated heterocycles. The highest BCUT2D eigenvalue weighted by molar-refractivity contribution is 7.14. The highest BCUT2D eigenvalue weighted by atomic mass is 35.5. The molecule has 6 nitrogen and oxygen atoms in total. The lowest BCUT2D eigenvalue weighted by Crippen LogP contribution is -2.29. The van der Waals surface area contributed by atoms with Crippen LogP contribution in [0.1, 0.15) is 22.7 Å². The Hall–Kier alpha value is -3.16. The zero-order chi connectivity index (χ0) is 21.4. The van der Waals surface area contributed by atoms with Crippen molar-refractivity contribution >= 4 is 45.5 Å². The van der Waals surface area contributed by atoms with Crippen LogP contribution in [0, 0.1) is 6.92 Å². The number of carbonyl (C=O) groups excluding carboxylic acids is 2. The molecule has 0 radical (unpaired) electrons. The van der Waals surface area contributed by atoms with Crippen molar-refractivity contribution in [1.29, 1.82) is 0 Å². The number of halogens is 1. The number of aromatic nitrogens is 1. The number of aryl methyl sites for hydroxylation is 1. The molecular formula is C22H17ClN2O4S. The molecule has 0 spiro atoms. The van der Waals surface area contributed by atoms with E-state index in [1.165, 1.54) is 16.2 Å². The number of hydrogen-bond donors (Lipinski definition) is 1. The number of thiazole rings is 1. The van der Waals surface area contributed by atoms with Crippen molar-refractivity contribution < 1.29 is 19.4 Å². The first-order valence-electron chi connectivity index (χ1n) is 9.03. The first kappa shape index (κ1) is 20.1. The zero-order valence-corrected chi connectivity index (χ0v) is 17.7. The topological polar surface area (TPSA) is 79.7 Å². The minimum absolute atomic E-state index is 0.0120. The molecule has 0 bridgehead atoms. The van der Waals surface area contributed by atoms with E-state index in [9.17, 15) is 14.7 Å². The number of anilines is 1. The molecule has 1 aliphatic rings. The highest BCUT2D eigenvalue weighted by Crippen LogP contribution is 2.43. The summed E-state index contributed by atoms with van der Waals surface area (Å²) in [4.78, 5) is 31.5. The lowest BCUT2D eigenvalue weighted by atomic mass is 9.95. The summed E-state index contributed by atoms with van der Waals surface area (Å²) >= 11 is 7.41. The molecule has 1 unspecified atom stereocenters. The van der Waals surface area contributed by atoms with Gasteiger partial charge in [-0.3, -0.25) is 14.5 Å². The number of benzene rings is 2. The second-order valence-corrected chi connectivity index (χ2v) is 8.03. The van der Waals surface area contributed by atoms with Crippen molar-refractivity contribution in [2.45, 2.75) is 13.0 Å². The minimum atomic E-state index is -0.850. The molecule has 0 aliphatic carbocycles. The fourth-order valence-electron chi connectivity index (χ4n) is 3.54. The Bertz CT molecular complexity index is 1170. The highest BCUT2D eigenvalue weighted by Gasteiger charge is 2.48. The number of aliphatic hydroxyl groups excluding tert-OH is 1. The summed E-state index contributed by atoms with van der Waals surface area (Å²) in [6.07, 6.45) is 1.56. The summed E-state index contributed by atoms with van der Waals surface area (Å²) in [7, 11) is 1.56. The fourth-order valence-corrected chi connectivity index (χ4v) is 4.40. The van der Waals surface area contributed by atoms with Crippen molar-refractivity contribution in [3.8, 4) is 5.75 Å². The van der Waals surface area contributed by atoms with E-state index in [0.717, 1.165) is 5.56 Å². The molecule has 1 fully saturated rings. The van der Waals surface area contributed by atoms with Crippen molar-refractivity contribution in [3.05, 3.63) is 81.3 Å². The molecule has 30 heavy (non-hydrogen) atoms. The zero-order valence-electron chi connectivity index (χ0n) is 16.1. The minimum Gasteiger partial charge on any atom is -0.507 e. The predicted octanol–water partition coefficient (Wildman–Crippen LogP) is 4.74. The Morgan fingerprint density at radius 2 is 2.03 bits per heavy atom. The van der Waals surface area contributed by atoms with Gasteiger partial charge in [0.25, 0.3) is 5.78 Å². The Morgan fingerprint density at radius 1 is 1.23 bits per heavy atom. The van der Waals surface area contributed by atoms with Gasteiger partial charge in [0.1, 0.15) is 11.5 Å². The van der Waals surface area contributed by atoms with E-state index in [0.29, 0.717) is 27.0 Å². The normalized spacial score (nSPS) is 18.1. The van der Waals surface area contributed by atoms with Crippen molar-refractivity contribution in [2.24, 2.45) is 0 Å². The number of rotatable bonds is 4. The Labute approximate surface area is 182 Å². The maximum Gasteiger partial charge on any atom is 0.301 e. The van der Waals surface area contributed by atoms with E-state index in [-0.39, 0.29) is 11.3 Å². The predicted molar refractivity (Wildman–Crippen MR) is 116 cm³/mol. The van der Waals surface area contributed by atoms with Crippen molar-refractivity contribution in [3.63, 3.8) is 0 Å². The maximum atomic E-state index is 13.0. The van der Waals surface area contributed by atoms with Crippen LogP contribution < -0.4 is 9.64 Å². The maximum absolute atomic E-state index is 13.0. The van der Waals surface area contributed by atoms with Crippen molar-refractivity contribution in [1.82, 2.24) is 4.98 Å². The molecule has 1 aliphatic heterocycles. The van der Waals surface area contributed by atoms with E-state index >= 15 is 0 Å². The molecule has 4 rings (SSSR count). The van der Waals surface area contributed by atoms with Crippen LogP contribution in [0.4, 0.5) is 5.13 Å². The Balaban J connectivity index is 1.94. The van der Waals surface area contributed by atoms with Crippen LogP contribution in [0.3, 0.4) is 0 Å². The van der Waals surface area contributed by atoms with Crippen LogP contribution in [0.5, 0.6) is 5.75 Å². The van der Waals surface area contributed by atoms with Crippen LogP contribution in [0.25, 0.3) is 5.76 Å². The number of Topliss-reactive ketones (excluding diaryl/α,β-unsaturated/α-hetero) is 1. The lowest BCUT2D eigenvalue weighted by molar-refractivity contribution is -0.132. The van der Waals surface area contributed by atoms with Gasteiger partial charge >= 0.3 is 5.91 Å². The number of hydrogen-bond acceptors (Lipinski definition) is 6. The number of nitrogens with zero attached hydrogens (tertiary/aromatic N) is 2. The fraction of sp³-hybridized carbons (Fsp3) is 0.136. The molecule has 1 N–H and O–H groups in total. The van der Waals surface area contributed by atoms with Crippen molar-refractivity contribution in [2.75, 3.05) is 12.0 Å². The average Bonchev–Trinajstić information content (AvgIpc) is 3.34. The van der Waals surface area contributed by atoms with E-state index < -0.39 is 17.7 Å². The van der Waals surface area contributed by atoms with Crippen LogP contribution >= 0.6 is 22.9 Å². The number of methoxy groups -OCH3 is 1. The first-order chi connectivity index (χ1) is 14.4. The first-order valence-corrected chi connectivity index (χ1v) is 10.3. The van der Waals surface area contributed by atoms with Crippen LogP contribution in [-0.2, 0) is 9.59 Å². The van der Waals surface area contributed by atoms with E-state index in [2.05, 4.69) is 4.98 Å². The van der Waals surface area contributed by atoms with E-state index in [1.54, 1.807) is 61.2 Å². The molecule has 1 amide bonds. The van der Waals surface area contributed by atoms with E-state index in [4.69, 9.17) is 16.3 Å². The van der Waals surface area contributed by atoms with Crippen LogP contribution in [0.2, 0.25) is 5.02 Å². The van der Waals surface area contributed by atoms with Gasteiger partial charge in [-0.05, 0) is 48.4 Å². The SMILES string of the molecule is COc1ccc(C(O)=C2C(=O)C(=O)N(c3nccs3)C2c2cccc(Cl)c2)cc1C. The Morgan fingerprint density at radius 3 is 2.67 bits per heavy atom. The standard InChI is InChI=1S/C22H17ClN2O4S/c1-12-10-14(6-7-16(12)29-2)19(26)17-18(13-4-3-5-15(23)11-13)25(21(28)20(17)27)22-24-8-9-30-22/h3-11,18,26H,1-2H3. The molecule has 0 saturated carbocycles. The third-order valence-electron chi connectivity index (χ3n) is 4.90. The summed E-state index contributed by atoms with van der Waals surface area (Å²) < 4.78 is 5.26. The number of amides is 1. The number of aliphatic hydroxyl groups is 1. The van der Waals surface area contributed by atoms with Gasteiger partial charge in [0.15, 0.2) is 5.13 Å². The van der Waals surface area contributed by atoms with Gasteiger partial charge in [-0.2, -0.15) is 0 Å². The third-order valence-corrected chi connectivity index (χ3v) is 5.91. The third kappa shape index (κ3) is 3.36. The quantitative estimate of drug-likeness (QED) is 0.360. The average molecular weight is 441 g/mol. The molecule has 2 aromatic carbocycles. The molecule has 1 aromatic heterocycles. The van der Waals surface area contributed by atoms with Gasteiger partial charge in [-0.15, -0.1) is 11.3 Å². The number of ketones is 1.